The zero-order chi connectivity index (χ0) is 21.5. The van der Waals surface area contributed by atoms with Crippen molar-refractivity contribution in [2.75, 3.05) is 6.61 Å². The molecule has 0 unspecified atom stereocenters. The molecule has 1 aromatic carbocycles. The van der Waals surface area contributed by atoms with Crippen LogP contribution in [-0.4, -0.2) is 28.3 Å². The summed E-state index contributed by atoms with van der Waals surface area (Å²) in [6.07, 6.45) is 4.84. The highest BCUT2D eigenvalue weighted by molar-refractivity contribution is 7.13. The Bertz CT molecular complexity index is 1160. The molecule has 0 atom stereocenters. The smallest absolute Gasteiger partial charge is 0.331 e. The van der Waals surface area contributed by atoms with Crippen LogP contribution in [-0.2, 0) is 20.9 Å². The van der Waals surface area contributed by atoms with Gasteiger partial charge in [0.15, 0.2) is 6.61 Å². The number of nitrogens with zero attached hydrogens (tertiary/aromatic N) is 2. The average Bonchev–Trinajstić information content (AvgIpc) is 3.56. The molecule has 3 heterocycles. The fourth-order valence-corrected chi connectivity index (χ4v) is 4.20. The van der Waals surface area contributed by atoms with Crippen LogP contribution in [0.15, 0.2) is 77.6 Å². The number of rotatable bonds is 8. The summed E-state index contributed by atoms with van der Waals surface area (Å²) >= 11 is 3.13. The number of amides is 1. The van der Waals surface area contributed by atoms with E-state index in [9.17, 15) is 9.59 Å². The Morgan fingerprint density at radius 1 is 1.03 bits per heavy atom. The molecule has 6 nitrogen and oxygen atoms in total. The number of hydrogen-bond acceptors (Lipinski definition) is 6. The first-order valence-electron chi connectivity index (χ1n) is 9.52. The number of thiophene rings is 2. The molecule has 8 heteroatoms. The van der Waals surface area contributed by atoms with E-state index in [2.05, 4.69) is 10.4 Å². The molecule has 4 rings (SSSR count). The highest BCUT2D eigenvalue weighted by atomic mass is 32.1. The maximum absolute atomic E-state index is 12.1. The van der Waals surface area contributed by atoms with Crippen molar-refractivity contribution in [2.24, 2.45) is 0 Å². The Morgan fingerprint density at radius 2 is 1.84 bits per heavy atom. The molecule has 0 bridgehead atoms. The third kappa shape index (κ3) is 5.56. The molecule has 1 N–H and O–H groups in total. The van der Waals surface area contributed by atoms with E-state index in [1.165, 1.54) is 6.08 Å². The van der Waals surface area contributed by atoms with E-state index in [0.29, 0.717) is 6.54 Å². The van der Waals surface area contributed by atoms with Gasteiger partial charge in [0.05, 0.1) is 17.1 Å². The predicted octanol–water partition coefficient (Wildman–Crippen LogP) is 4.54. The molecule has 0 saturated heterocycles. The van der Waals surface area contributed by atoms with Crippen LogP contribution in [0.3, 0.4) is 0 Å². The average molecular weight is 450 g/mol. The van der Waals surface area contributed by atoms with Crippen LogP contribution in [0.2, 0.25) is 0 Å². The molecule has 4 aromatic rings. The van der Waals surface area contributed by atoms with E-state index in [1.807, 2.05) is 71.6 Å². The van der Waals surface area contributed by atoms with E-state index in [0.717, 1.165) is 26.7 Å². The molecule has 0 aliphatic carbocycles. The van der Waals surface area contributed by atoms with E-state index < -0.39 is 5.97 Å². The molecular weight excluding hydrogens is 430 g/mol. The van der Waals surface area contributed by atoms with Crippen LogP contribution in [0, 0.1) is 0 Å². The van der Waals surface area contributed by atoms with Gasteiger partial charge in [-0.1, -0.05) is 30.3 Å². The lowest BCUT2D eigenvalue weighted by molar-refractivity contribution is -0.143. The fourth-order valence-electron chi connectivity index (χ4n) is 2.82. The number of benzene rings is 1. The lowest BCUT2D eigenvalue weighted by Gasteiger charge is -2.03. The van der Waals surface area contributed by atoms with Crippen molar-refractivity contribution < 1.29 is 14.3 Å². The number of carbonyl (C=O) groups excluding carboxylic acids is 2. The van der Waals surface area contributed by atoms with Gasteiger partial charge in [0.2, 0.25) is 0 Å². The Kier molecular flexibility index (Phi) is 6.71. The van der Waals surface area contributed by atoms with Gasteiger partial charge in [-0.05, 0) is 41.1 Å². The minimum atomic E-state index is -0.587. The van der Waals surface area contributed by atoms with Gasteiger partial charge >= 0.3 is 5.97 Å². The standard InChI is InChI=1S/C23H19N3O3S2/c27-21(24-14-19-8-4-12-30-19)16-29-22(28)11-10-17-15-26(18-6-2-1-3-7-18)25-23(17)20-9-5-13-31-20/h1-13,15H,14,16H2,(H,24,27)/b11-10+. The number of ether oxygens (including phenoxy) is 1. The lowest BCUT2D eigenvalue weighted by atomic mass is 10.2. The van der Waals surface area contributed by atoms with E-state index >= 15 is 0 Å². The maximum Gasteiger partial charge on any atom is 0.331 e. The van der Waals surface area contributed by atoms with Gasteiger partial charge in [0, 0.05) is 22.7 Å². The van der Waals surface area contributed by atoms with Crippen molar-refractivity contribution in [3.05, 3.63) is 88.1 Å². The normalized spacial score (nSPS) is 11.0. The second kappa shape index (κ2) is 10.0. The summed E-state index contributed by atoms with van der Waals surface area (Å²) in [6.45, 7) is 0.0995. The third-order valence-electron chi connectivity index (χ3n) is 4.30. The third-order valence-corrected chi connectivity index (χ3v) is 6.06. The zero-order valence-corrected chi connectivity index (χ0v) is 18.1. The zero-order valence-electron chi connectivity index (χ0n) is 16.4. The molecule has 0 aliphatic rings. The second-order valence-corrected chi connectivity index (χ2v) is 8.47. The van der Waals surface area contributed by atoms with Crippen LogP contribution in [0.25, 0.3) is 22.3 Å². The Balaban J connectivity index is 1.41. The summed E-state index contributed by atoms with van der Waals surface area (Å²) in [4.78, 5) is 26.0. The van der Waals surface area contributed by atoms with E-state index in [1.54, 1.807) is 33.4 Å². The number of hydrogen-bond donors (Lipinski definition) is 1. The first-order valence-corrected chi connectivity index (χ1v) is 11.3. The van der Waals surface area contributed by atoms with Gasteiger partial charge in [-0.3, -0.25) is 4.79 Å². The summed E-state index contributed by atoms with van der Waals surface area (Å²) in [5.74, 6) is -0.929. The van der Waals surface area contributed by atoms with Gasteiger partial charge in [0.1, 0.15) is 5.69 Å². The Morgan fingerprint density at radius 3 is 2.58 bits per heavy atom. The van der Waals surface area contributed by atoms with Crippen molar-refractivity contribution in [3.63, 3.8) is 0 Å². The van der Waals surface area contributed by atoms with Crippen molar-refractivity contribution in [1.29, 1.82) is 0 Å². The molecule has 31 heavy (non-hydrogen) atoms. The van der Waals surface area contributed by atoms with Crippen LogP contribution >= 0.6 is 22.7 Å². The lowest BCUT2D eigenvalue weighted by Crippen LogP contribution is -2.27. The Hall–Kier alpha value is -3.49. The molecule has 156 valence electrons. The van der Waals surface area contributed by atoms with Crippen molar-refractivity contribution >= 4 is 40.6 Å². The van der Waals surface area contributed by atoms with Crippen molar-refractivity contribution in [3.8, 4) is 16.3 Å². The first-order chi connectivity index (χ1) is 15.2. The topological polar surface area (TPSA) is 73.2 Å². The highest BCUT2D eigenvalue weighted by Gasteiger charge is 2.12. The second-order valence-electron chi connectivity index (χ2n) is 6.49. The number of aromatic nitrogens is 2. The predicted molar refractivity (Wildman–Crippen MR) is 123 cm³/mol. The number of esters is 1. The van der Waals surface area contributed by atoms with E-state index in [4.69, 9.17) is 4.74 Å². The van der Waals surface area contributed by atoms with Gasteiger partial charge in [-0.25, -0.2) is 9.48 Å². The van der Waals surface area contributed by atoms with Crippen molar-refractivity contribution in [2.45, 2.75) is 6.54 Å². The van der Waals surface area contributed by atoms with E-state index in [-0.39, 0.29) is 12.5 Å². The van der Waals surface area contributed by atoms with Crippen LogP contribution in [0.4, 0.5) is 0 Å². The molecule has 1 amide bonds. The van der Waals surface area contributed by atoms with Crippen molar-refractivity contribution in [1.82, 2.24) is 15.1 Å². The minimum Gasteiger partial charge on any atom is -0.452 e. The van der Waals surface area contributed by atoms with Gasteiger partial charge < -0.3 is 10.1 Å². The van der Waals surface area contributed by atoms with Crippen LogP contribution in [0.1, 0.15) is 10.4 Å². The summed E-state index contributed by atoms with van der Waals surface area (Å²) in [6, 6.07) is 17.5. The molecule has 0 spiro atoms. The molecule has 0 saturated carbocycles. The van der Waals surface area contributed by atoms with Crippen LogP contribution in [0.5, 0.6) is 0 Å². The maximum atomic E-state index is 12.1. The first kappa shape index (κ1) is 20.8. The minimum absolute atomic E-state index is 0.324. The number of carbonyl (C=O) groups is 2. The summed E-state index contributed by atoms with van der Waals surface area (Å²) < 4.78 is 6.83. The number of para-hydroxylation sites is 1. The molecule has 3 aromatic heterocycles. The SMILES string of the molecule is O=C(COC(=O)/C=C/c1cn(-c2ccccc2)nc1-c1cccs1)NCc1cccs1. The molecule has 0 radical (unpaired) electrons. The Labute approximate surface area is 187 Å². The molecular formula is C23H19N3O3S2. The highest BCUT2D eigenvalue weighted by Crippen LogP contribution is 2.28. The van der Waals surface area contributed by atoms with Gasteiger partial charge in [-0.15, -0.1) is 22.7 Å². The van der Waals surface area contributed by atoms with Gasteiger partial charge in [0.25, 0.3) is 5.91 Å². The molecule has 0 fully saturated rings. The summed E-state index contributed by atoms with van der Waals surface area (Å²) in [5, 5.41) is 11.3. The number of nitrogens with one attached hydrogen (secondary N) is 1. The van der Waals surface area contributed by atoms with Gasteiger partial charge in [-0.2, -0.15) is 5.10 Å². The largest absolute Gasteiger partial charge is 0.452 e. The summed E-state index contributed by atoms with van der Waals surface area (Å²) in [7, 11) is 0. The molecule has 0 aliphatic heterocycles. The fraction of sp³-hybridized carbons (Fsp3) is 0.0870. The monoisotopic (exact) mass is 449 g/mol. The quantitative estimate of drug-likeness (QED) is 0.317. The summed E-state index contributed by atoms with van der Waals surface area (Å²) in [5.41, 5.74) is 2.48. The van der Waals surface area contributed by atoms with Crippen LogP contribution < -0.4 is 5.32 Å².